The molecule has 0 spiro atoms. The van der Waals surface area contributed by atoms with Gasteiger partial charge >= 0.3 is 0 Å². The molecule has 2 rings (SSSR count). The lowest BCUT2D eigenvalue weighted by atomic mass is 9.85. The number of phenolic OH excluding ortho intramolecular Hbond substituents is 1. The molecule has 2 nitrogen and oxygen atoms in total. The average molecular weight is 316 g/mol. The number of aromatic hydroxyl groups is 1. The molecule has 0 aliphatic carbocycles. The van der Waals surface area contributed by atoms with Crippen molar-refractivity contribution >= 4 is 19.2 Å². The first-order chi connectivity index (χ1) is 10.2. The summed E-state index contributed by atoms with van der Waals surface area (Å²) in [6, 6.07) is 10.2. The van der Waals surface area contributed by atoms with Crippen LogP contribution in [0.5, 0.6) is 5.75 Å². The molecule has 3 heteroatoms. The fourth-order valence-electron chi connectivity index (χ4n) is 2.57. The fourth-order valence-corrected chi connectivity index (χ4v) is 3.89. The van der Waals surface area contributed by atoms with Gasteiger partial charge in [0, 0.05) is 10.9 Å². The third-order valence-corrected chi connectivity index (χ3v) is 5.17. The van der Waals surface area contributed by atoms with Crippen molar-refractivity contribution in [2.24, 2.45) is 0 Å². The maximum atomic E-state index is 10.7. The van der Waals surface area contributed by atoms with Crippen LogP contribution < -0.4 is 10.6 Å². The third-order valence-electron chi connectivity index (χ3n) is 3.76. The van der Waals surface area contributed by atoms with E-state index in [1.807, 2.05) is 19.1 Å². The van der Waals surface area contributed by atoms with Crippen molar-refractivity contribution < 1.29 is 10.2 Å². The Morgan fingerprint density at radius 2 is 1.64 bits per heavy atom. The van der Waals surface area contributed by atoms with E-state index in [1.165, 1.54) is 0 Å². The Morgan fingerprint density at radius 3 is 2.23 bits per heavy atom. The molecule has 0 saturated carbocycles. The Balaban J connectivity index is 2.49. The molecular formula is C19H25O2P. The van der Waals surface area contributed by atoms with Crippen LogP contribution in [0, 0.1) is 13.8 Å². The van der Waals surface area contributed by atoms with Crippen LogP contribution in [0.25, 0.3) is 0 Å². The zero-order valence-corrected chi connectivity index (χ0v) is 15.0. The summed E-state index contributed by atoms with van der Waals surface area (Å²) >= 11 is 0. The Kier molecular flexibility index (Phi) is 4.94. The van der Waals surface area contributed by atoms with Gasteiger partial charge in [-0.25, -0.2) is 0 Å². The SMILES string of the molecule is Cc1ccc(Pc2cc(C)cc(C(C)(C)C)c2O)c(CO)c1. The van der Waals surface area contributed by atoms with Gasteiger partial charge in [0.2, 0.25) is 0 Å². The van der Waals surface area contributed by atoms with E-state index in [4.69, 9.17) is 0 Å². The van der Waals surface area contributed by atoms with E-state index >= 15 is 0 Å². The molecule has 118 valence electrons. The molecule has 2 aromatic rings. The second-order valence-electron chi connectivity index (χ2n) is 6.90. The Bertz CT molecular complexity index is 685. The van der Waals surface area contributed by atoms with E-state index in [1.54, 1.807) is 0 Å². The first kappa shape index (κ1) is 17.0. The smallest absolute Gasteiger partial charge is 0.127 e. The van der Waals surface area contributed by atoms with Gasteiger partial charge in [0.25, 0.3) is 0 Å². The largest absolute Gasteiger partial charge is 0.507 e. The number of phenols is 1. The van der Waals surface area contributed by atoms with Crippen molar-refractivity contribution in [3.8, 4) is 5.75 Å². The lowest BCUT2D eigenvalue weighted by Gasteiger charge is -2.23. The van der Waals surface area contributed by atoms with Gasteiger partial charge in [0.1, 0.15) is 5.75 Å². The van der Waals surface area contributed by atoms with E-state index in [9.17, 15) is 10.2 Å². The molecule has 0 fully saturated rings. The second-order valence-corrected chi connectivity index (χ2v) is 8.23. The quantitative estimate of drug-likeness (QED) is 0.852. The summed E-state index contributed by atoms with van der Waals surface area (Å²) in [6.45, 7) is 10.4. The summed E-state index contributed by atoms with van der Waals surface area (Å²) < 4.78 is 0. The summed E-state index contributed by atoms with van der Waals surface area (Å²) in [4.78, 5) is 0. The second kappa shape index (κ2) is 6.40. The van der Waals surface area contributed by atoms with Crippen molar-refractivity contribution in [1.82, 2.24) is 0 Å². The van der Waals surface area contributed by atoms with Crippen LogP contribution in [-0.2, 0) is 12.0 Å². The van der Waals surface area contributed by atoms with Gasteiger partial charge in [-0.2, -0.15) is 0 Å². The summed E-state index contributed by atoms with van der Waals surface area (Å²) in [5.74, 6) is 0.390. The minimum atomic E-state index is -0.0948. The highest BCUT2D eigenvalue weighted by Gasteiger charge is 2.21. The number of aliphatic hydroxyl groups is 1. The van der Waals surface area contributed by atoms with Crippen LogP contribution >= 0.6 is 8.58 Å². The Labute approximate surface area is 135 Å². The van der Waals surface area contributed by atoms with Crippen molar-refractivity contribution in [2.75, 3.05) is 0 Å². The molecule has 0 saturated heterocycles. The molecular weight excluding hydrogens is 291 g/mol. The molecule has 0 bridgehead atoms. The van der Waals surface area contributed by atoms with Gasteiger partial charge in [0.15, 0.2) is 0 Å². The number of rotatable bonds is 3. The maximum absolute atomic E-state index is 10.7. The molecule has 0 radical (unpaired) electrons. The molecule has 2 aromatic carbocycles. The lowest BCUT2D eigenvalue weighted by Crippen LogP contribution is -2.17. The van der Waals surface area contributed by atoms with Crippen LogP contribution in [0.3, 0.4) is 0 Å². The van der Waals surface area contributed by atoms with Crippen LogP contribution in [0.1, 0.15) is 43.0 Å². The highest BCUT2D eigenvalue weighted by atomic mass is 31.1. The molecule has 0 heterocycles. The average Bonchev–Trinajstić information content (AvgIpc) is 2.43. The van der Waals surface area contributed by atoms with Gasteiger partial charge in [0.05, 0.1) is 6.61 Å². The first-order valence-electron chi connectivity index (χ1n) is 7.54. The Hall–Kier alpha value is -1.37. The van der Waals surface area contributed by atoms with E-state index < -0.39 is 0 Å². The fraction of sp³-hybridized carbons (Fsp3) is 0.368. The van der Waals surface area contributed by atoms with E-state index in [0.29, 0.717) is 14.3 Å². The normalized spacial score (nSPS) is 12.3. The molecule has 22 heavy (non-hydrogen) atoms. The number of aryl methyl sites for hydroxylation is 2. The summed E-state index contributed by atoms with van der Waals surface area (Å²) in [5.41, 5.74) is 4.12. The lowest BCUT2D eigenvalue weighted by molar-refractivity contribution is 0.283. The minimum absolute atomic E-state index is 0.0305. The van der Waals surface area contributed by atoms with Crippen LogP contribution in [-0.4, -0.2) is 10.2 Å². The highest BCUT2D eigenvalue weighted by molar-refractivity contribution is 7.55. The predicted molar refractivity (Wildman–Crippen MR) is 96.2 cm³/mol. The van der Waals surface area contributed by atoms with E-state index in [-0.39, 0.29) is 12.0 Å². The van der Waals surface area contributed by atoms with Crippen molar-refractivity contribution in [3.63, 3.8) is 0 Å². The summed E-state index contributed by atoms with van der Waals surface area (Å²) in [5, 5.41) is 22.3. The van der Waals surface area contributed by atoms with Gasteiger partial charge in [-0.15, -0.1) is 0 Å². The third kappa shape index (κ3) is 3.69. The molecule has 0 aromatic heterocycles. The highest BCUT2D eigenvalue weighted by Crippen LogP contribution is 2.33. The molecule has 1 unspecified atom stereocenters. The summed E-state index contributed by atoms with van der Waals surface area (Å²) in [6.07, 6.45) is 0. The van der Waals surface area contributed by atoms with Crippen molar-refractivity contribution in [2.45, 2.75) is 46.6 Å². The number of hydrogen-bond donors (Lipinski definition) is 2. The topological polar surface area (TPSA) is 40.5 Å². The van der Waals surface area contributed by atoms with Gasteiger partial charge in [-0.1, -0.05) is 59.2 Å². The zero-order valence-electron chi connectivity index (χ0n) is 14.0. The van der Waals surface area contributed by atoms with Crippen molar-refractivity contribution in [3.05, 3.63) is 52.6 Å². The Morgan fingerprint density at radius 1 is 0.955 bits per heavy atom. The van der Waals surface area contributed by atoms with Crippen LogP contribution in [0.4, 0.5) is 0 Å². The first-order valence-corrected chi connectivity index (χ1v) is 8.54. The van der Waals surface area contributed by atoms with E-state index in [2.05, 4.69) is 45.9 Å². The zero-order chi connectivity index (χ0) is 16.5. The monoisotopic (exact) mass is 316 g/mol. The predicted octanol–water partition coefficient (Wildman–Crippen LogP) is 3.43. The van der Waals surface area contributed by atoms with Gasteiger partial charge in [-0.3, -0.25) is 0 Å². The summed E-state index contributed by atoms with van der Waals surface area (Å²) in [7, 11) is 0.339. The van der Waals surface area contributed by atoms with E-state index in [0.717, 1.165) is 32.9 Å². The number of hydrogen-bond acceptors (Lipinski definition) is 2. The number of aliphatic hydroxyl groups excluding tert-OH is 1. The molecule has 0 amide bonds. The molecule has 0 aliphatic rings. The number of benzene rings is 2. The molecule has 0 aliphatic heterocycles. The standard InChI is InChI=1S/C19H25O2P/c1-12-6-7-16(14(8-12)11-20)22-17-10-13(2)9-15(18(17)21)19(3,4)5/h6-10,20-22H,11H2,1-5H3. The van der Waals surface area contributed by atoms with Crippen LogP contribution in [0.15, 0.2) is 30.3 Å². The van der Waals surface area contributed by atoms with Gasteiger partial charge in [-0.05, 0) is 41.8 Å². The molecule has 1 atom stereocenters. The van der Waals surface area contributed by atoms with Crippen LogP contribution in [0.2, 0.25) is 0 Å². The maximum Gasteiger partial charge on any atom is 0.127 e. The van der Waals surface area contributed by atoms with Crippen molar-refractivity contribution in [1.29, 1.82) is 0 Å². The van der Waals surface area contributed by atoms with Gasteiger partial charge < -0.3 is 10.2 Å². The minimum Gasteiger partial charge on any atom is -0.507 e. The molecule has 2 N–H and O–H groups in total.